The van der Waals surface area contributed by atoms with Crippen molar-refractivity contribution >= 4 is 38.4 Å². The van der Waals surface area contributed by atoms with Crippen molar-refractivity contribution in [2.24, 2.45) is 0 Å². The lowest BCUT2D eigenvalue weighted by Crippen LogP contribution is -2.53. The molecule has 184 valence electrons. The maximum atomic E-state index is 13.2. The number of H-pyrrole nitrogens is 1. The van der Waals surface area contributed by atoms with Crippen LogP contribution in [0.1, 0.15) is 21.9 Å². The van der Waals surface area contributed by atoms with Crippen molar-refractivity contribution in [3.8, 4) is 11.1 Å². The number of fused-ring (bicyclic) bond motifs is 4. The molecular weight excluding hydrogens is 504 g/mol. The predicted octanol–water partition coefficient (Wildman–Crippen LogP) is 2.16. The number of hydrogen-bond donors (Lipinski definition) is 1. The highest BCUT2D eigenvalue weighted by molar-refractivity contribution is 7.89. The fourth-order valence-corrected chi connectivity index (χ4v) is 6.48. The average Bonchev–Trinajstić information content (AvgIpc) is 3.33. The summed E-state index contributed by atoms with van der Waals surface area (Å²) >= 11 is 6.02. The number of halogens is 1. The number of piperazine rings is 1. The summed E-state index contributed by atoms with van der Waals surface area (Å²) in [7, 11) is -3.79. The lowest BCUT2D eigenvalue weighted by atomic mass is 9.91. The minimum Gasteiger partial charge on any atom is -0.710 e. The Bertz CT molecular complexity index is 1630. The van der Waals surface area contributed by atoms with Gasteiger partial charge in [-0.15, -0.1) is 0 Å². The van der Waals surface area contributed by atoms with Crippen LogP contribution in [-0.4, -0.2) is 64.7 Å². The minimum absolute atomic E-state index is 0.0729. The first-order chi connectivity index (χ1) is 17.3. The average molecular weight is 525 g/mol. The van der Waals surface area contributed by atoms with Gasteiger partial charge < -0.3 is 15.1 Å². The van der Waals surface area contributed by atoms with Crippen LogP contribution in [-0.2, 0) is 22.9 Å². The van der Waals surface area contributed by atoms with E-state index in [-0.39, 0.29) is 37.0 Å². The molecule has 0 atom stereocenters. The standard InChI is InChI=1S/C24H21ClN6O4S/c25-17-2-3-20-16(11-17)12-22(28-20)36(34,35)30-9-7-29(8-10-30)24(32)23-27-14-19-18-5-6-26-13-15(18)1-4-21(19)31(23)33/h2-3,5-6,11-14,28H,1,4,7-10H2. The van der Waals surface area contributed by atoms with Crippen molar-refractivity contribution in [1.82, 2.24) is 24.2 Å². The summed E-state index contributed by atoms with van der Waals surface area (Å²) in [6.45, 7) is 0.511. The van der Waals surface area contributed by atoms with Gasteiger partial charge in [-0.05, 0) is 52.9 Å². The van der Waals surface area contributed by atoms with Crippen LogP contribution in [0.3, 0.4) is 0 Å². The van der Waals surface area contributed by atoms with Gasteiger partial charge in [-0.1, -0.05) is 11.6 Å². The van der Waals surface area contributed by atoms with Crippen LogP contribution in [0.25, 0.3) is 22.0 Å². The summed E-state index contributed by atoms with van der Waals surface area (Å²) in [6, 6.07) is 8.51. The molecule has 4 aromatic rings. The number of amides is 1. The Morgan fingerprint density at radius 3 is 2.67 bits per heavy atom. The van der Waals surface area contributed by atoms with Gasteiger partial charge in [0.05, 0.1) is 5.56 Å². The Kier molecular flexibility index (Phi) is 5.43. The van der Waals surface area contributed by atoms with Crippen molar-refractivity contribution in [3.05, 3.63) is 76.2 Å². The van der Waals surface area contributed by atoms with Crippen LogP contribution in [0.2, 0.25) is 5.02 Å². The van der Waals surface area contributed by atoms with Crippen molar-refractivity contribution < 1.29 is 17.9 Å². The number of aromatic amines is 1. The summed E-state index contributed by atoms with van der Waals surface area (Å²) in [4.78, 5) is 25.9. The van der Waals surface area contributed by atoms with Crippen molar-refractivity contribution in [2.75, 3.05) is 26.2 Å². The highest BCUT2D eigenvalue weighted by Crippen LogP contribution is 2.31. The Morgan fingerprint density at radius 2 is 1.86 bits per heavy atom. The number of aromatic nitrogens is 4. The number of nitrogens with zero attached hydrogens (tertiary/aromatic N) is 5. The summed E-state index contributed by atoms with van der Waals surface area (Å²) < 4.78 is 28.3. The third-order valence-electron chi connectivity index (χ3n) is 6.78. The maximum absolute atomic E-state index is 13.2. The van der Waals surface area contributed by atoms with Gasteiger partial charge in [0.25, 0.3) is 10.0 Å². The molecule has 4 heterocycles. The van der Waals surface area contributed by atoms with Crippen molar-refractivity contribution in [1.29, 1.82) is 0 Å². The molecule has 10 nitrogen and oxygen atoms in total. The quantitative estimate of drug-likeness (QED) is 0.323. The third kappa shape index (κ3) is 3.71. The molecule has 6 rings (SSSR count). The van der Waals surface area contributed by atoms with Gasteiger partial charge in [0.2, 0.25) is 0 Å². The van der Waals surface area contributed by atoms with E-state index in [1.54, 1.807) is 42.9 Å². The highest BCUT2D eigenvalue weighted by atomic mass is 35.5. The molecule has 0 saturated carbocycles. The number of carbonyl (C=O) groups excluding carboxylic acids is 1. The van der Waals surface area contributed by atoms with Gasteiger partial charge in [-0.25, -0.2) is 13.1 Å². The van der Waals surface area contributed by atoms with Crippen LogP contribution in [0.4, 0.5) is 0 Å². The summed E-state index contributed by atoms with van der Waals surface area (Å²) in [6.07, 6.45) is 6.16. The minimum atomic E-state index is -3.79. The van der Waals surface area contributed by atoms with Crippen LogP contribution in [0.15, 0.2) is 53.9 Å². The Balaban J connectivity index is 1.20. The molecule has 3 aromatic heterocycles. The first kappa shape index (κ1) is 22.9. The van der Waals surface area contributed by atoms with Crippen LogP contribution >= 0.6 is 11.6 Å². The van der Waals surface area contributed by atoms with Crippen LogP contribution in [0.5, 0.6) is 0 Å². The van der Waals surface area contributed by atoms with E-state index in [1.807, 2.05) is 6.07 Å². The smallest absolute Gasteiger partial charge is 0.392 e. The normalized spacial score (nSPS) is 16.1. The monoisotopic (exact) mass is 524 g/mol. The SMILES string of the molecule is O=C(c1ncc2c([n+]1[O-])CCc1cnccc1-2)N1CCN(S(=O)(=O)c2cc3cc(Cl)ccc3[nH]2)CC1. The zero-order valence-corrected chi connectivity index (χ0v) is 20.6. The fraction of sp³-hybridized carbons (Fsp3) is 0.250. The number of hydrogen-bond acceptors (Lipinski definition) is 6. The second kappa shape index (κ2) is 8.54. The molecule has 0 bridgehead atoms. The van der Waals surface area contributed by atoms with Gasteiger partial charge in [-0.3, -0.25) is 9.78 Å². The van der Waals surface area contributed by atoms with E-state index in [9.17, 15) is 18.4 Å². The molecule has 1 aliphatic carbocycles. The molecule has 1 saturated heterocycles. The van der Waals surface area contributed by atoms with Crippen molar-refractivity contribution in [3.63, 3.8) is 0 Å². The highest BCUT2D eigenvalue weighted by Gasteiger charge is 2.35. The Labute approximate surface area is 211 Å². The lowest BCUT2D eigenvalue weighted by Gasteiger charge is -2.33. The molecule has 1 aliphatic heterocycles. The maximum Gasteiger partial charge on any atom is 0.392 e. The van der Waals surface area contributed by atoms with Gasteiger partial charge >= 0.3 is 11.7 Å². The zero-order chi connectivity index (χ0) is 25.0. The van der Waals surface area contributed by atoms with E-state index in [1.165, 1.54) is 9.21 Å². The van der Waals surface area contributed by atoms with E-state index in [2.05, 4.69) is 15.0 Å². The summed E-state index contributed by atoms with van der Waals surface area (Å²) in [5.41, 5.74) is 3.83. The molecule has 36 heavy (non-hydrogen) atoms. The number of pyridine rings is 1. The first-order valence-electron chi connectivity index (χ1n) is 11.5. The van der Waals surface area contributed by atoms with E-state index in [0.29, 0.717) is 44.8 Å². The van der Waals surface area contributed by atoms with Gasteiger partial charge in [0, 0.05) is 60.9 Å². The number of aryl methyl sites for hydroxylation is 1. The van der Waals surface area contributed by atoms with Crippen molar-refractivity contribution in [2.45, 2.75) is 17.9 Å². The van der Waals surface area contributed by atoms with Gasteiger partial charge in [0.1, 0.15) is 10.7 Å². The molecule has 1 fully saturated rings. The molecule has 0 radical (unpaired) electrons. The van der Waals surface area contributed by atoms with Crippen LogP contribution in [0, 0.1) is 5.21 Å². The number of sulfonamides is 1. The first-order valence-corrected chi connectivity index (χ1v) is 13.3. The molecular formula is C24H21ClN6O4S. The molecule has 1 aromatic carbocycles. The second-order valence-corrected chi connectivity index (χ2v) is 11.2. The molecule has 1 amide bonds. The molecule has 12 heteroatoms. The summed E-state index contributed by atoms with van der Waals surface area (Å²) in [5, 5.41) is 14.4. The molecule has 0 spiro atoms. The topological polar surface area (TPSA) is 126 Å². The number of carbonyl (C=O) groups is 1. The van der Waals surface area contributed by atoms with Gasteiger partial charge in [0.15, 0.2) is 6.20 Å². The molecule has 1 N–H and O–H groups in total. The summed E-state index contributed by atoms with van der Waals surface area (Å²) in [5.74, 6) is -0.708. The zero-order valence-electron chi connectivity index (χ0n) is 19.0. The Hall–Kier alpha value is -3.54. The number of benzene rings is 1. The van der Waals surface area contributed by atoms with E-state index in [4.69, 9.17) is 11.6 Å². The lowest BCUT2D eigenvalue weighted by molar-refractivity contribution is -0.619. The van der Waals surface area contributed by atoms with E-state index >= 15 is 0 Å². The predicted molar refractivity (Wildman–Crippen MR) is 132 cm³/mol. The third-order valence-corrected chi connectivity index (χ3v) is 8.84. The van der Waals surface area contributed by atoms with Crippen LogP contribution < -0.4 is 4.73 Å². The second-order valence-electron chi connectivity index (χ2n) is 8.83. The van der Waals surface area contributed by atoms with Gasteiger partial charge in [-0.2, -0.15) is 4.31 Å². The number of nitrogens with one attached hydrogen (secondary N) is 1. The molecule has 2 aliphatic rings. The van der Waals surface area contributed by atoms with E-state index < -0.39 is 15.9 Å². The number of rotatable bonds is 3. The fourth-order valence-electron chi connectivity index (χ4n) is 4.86. The largest absolute Gasteiger partial charge is 0.710 e. The Morgan fingerprint density at radius 1 is 1.06 bits per heavy atom. The molecule has 0 unspecified atom stereocenters. The van der Waals surface area contributed by atoms with E-state index in [0.717, 1.165) is 11.1 Å².